The standard InChI is InChI=1S/C14H16FN3O.ClH/c15-12-5-3-10(4-6-12)8-13-17-14(19-18-13)11-2-1-7-16-9-11;/h3-6,11,16H,1-2,7-9H2;1H/t11-;/m0./s1. The van der Waals surface area contributed by atoms with Crippen molar-refractivity contribution in [2.75, 3.05) is 13.1 Å². The van der Waals surface area contributed by atoms with Gasteiger partial charge in [-0.3, -0.25) is 0 Å². The molecular weight excluding hydrogens is 281 g/mol. The van der Waals surface area contributed by atoms with Crippen LogP contribution >= 0.6 is 12.4 Å². The first-order chi connectivity index (χ1) is 9.31. The van der Waals surface area contributed by atoms with Crippen molar-refractivity contribution in [1.82, 2.24) is 15.5 Å². The minimum absolute atomic E-state index is 0. The summed E-state index contributed by atoms with van der Waals surface area (Å²) in [6.07, 6.45) is 2.80. The monoisotopic (exact) mass is 297 g/mol. The van der Waals surface area contributed by atoms with Crippen LogP contribution in [0.25, 0.3) is 0 Å². The first-order valence-corrected chi connectivity index (χ1v) is 6.59. The maximum absolute atomic E-state index is 12.8. The van der Waals surface area contributed by atoms with Crippen LogP contribution < -0.4 is 5.32 Å². The predicted molar refractivity (Wildman–Crippen MR) is 75.6 cm³/mol. The van der Waals surface area contributed by atoms with Crippen LogP contribution in [-0.4, -0.2) is 23.2 Å². The second kappa shape index (κ2) is 6.81. The van der Waals surface area contributed by atoms with Crippen molar-refractivity contribution in [3.05, 3.63) is 47.4 Å². The maximum atomic E-state index is 12.8. The Morgan fingerprint density at radius 2 is 2.10 bits per heavy atom. The third-order valence-electron chi connectivity index (χ3n) is 3.41. The van der Waals surface area contributed by atoms with Crippen LogP contribution in [0.4, 0.5) is 4.39 Å². The highest BCUT2D eigenvalue weighted by molar-refractivity contribution is 5.85. The van der Waals surface area contributed by atoms with Gasteiger partial charge in [-0.25, -0.2) is 4.39 Å². The third kappa shape index (κ3) is 3.55. The SMILES string of the molecule is Cl.Fc1ccc(Cc2noc([C@H]3CCCNC3)n2)cc1. The van der Waals surface area contributed by atoms with E-state index in [1.165, 1.54) is 12.1 Å². The van der Waals surface area contributed by atoms with Gasteiger partial charge in [0, 0.05) is 13.0 Å². The lowest BCUT2D eigenvalue weighted by Crippen LogP contribution is -2.28. The molecule has 1 aromatic carbocycles. The summed E-state index contributed by atoms with van der Waals surface area (Å²) in [7, 11) is 0. The average Bonchev–Trinajstić information content (AvgIpc) is 2.91. The highest BCUT2D eigenvalue weighted by Crippen LogP contribution is 2.21. The zero-order valence-electron chi connectivity index (χ0n) is 11.0. The van der Waals surface area contributed by atoms with E-state index in [0.29, 0.717) is 24.1 Å². The van der Waals surface area contributed by atoms with Crippen molar-refractivity contribution < 1.29 is 8.91 Å². The molecule has 0 bridgehead atoms. The van der Waals surface area contributed by atoms with Gasteiger partial charge in [-0.2, -0.15) is 4.98 Å². The number of benzene rings is 1. The smallest absolute Gasteiger partial charge is 0.231 e. The van der Waals surface area contributed by atoms with Crippen LogP contribution in [0, 0.1) is 5.82 Å². The number of nitrogens with zero attached hydrogens (tertiary/aromatic N) is 2. The molecule has 4 nitrogen and oxygen atoms in total. The fourth-order valence-corrected chi connectivity index (χ4v) is 2.35. The summed E-state index contributed by atoms with van der Waals surface area (Å²) in [4.78, 5) is 4.44. The first-order valence-electron chi connectivity index (χ1n) is 6.59. The molecule has 1 saturated heterocycles. The Kier molecular flexibility index (Phi) is 5.09. The molecule has 1 atom stereocenters. The second-order valence-electron chi connectivity index (χ2n) is 4.90. The van der Waals surface area contributed by atoms with Gasteiger partial charge >= 0.3 is 0 Å². The predicted octanol–water partition coefficient (Wildman–Crippen LogP) is 2.69. The summed E-state index contributed by atoms with van der Waals surface area (Å²) in [5.41, 5.74) is 0.982. The van der Waals surface area contributed by atoms with E-state index in [-0.39, 0.29) is 18.2 Å². The van der Waals surface area contributed by atoms with Crippen molar-refractivity contribution in [3.8, 4) is 0 Å². The molecule has 1 aliphatic heterocycles. The number of hydrogen-bond acceptors (Lipinski definition) is 4. The van der Waals surface area contributed by atoms with Gasteiger partial charge in [0.15, 0.2) is 5.82 Å². The van der Waals surface area contributed by atoms with E-state index in [4.69, 9.17) is 4.52 Å². The minimum Gasteiger partial charge on any atom is -0.339 e. The van der Waals surface area contributed by atoms with Gasteiger partial charge in [-0.15, -0.1) is 12.4 Å². The number of halogens is 2. The van der Waals surface area contributed by atoms with Gasteiger partial charge in [0.1, 0.15) is 5.82 Å². The van der Waals surface area contributed by atoms with Crippen molar-refractivity contribution in [1.29, 1.82) is 0 Å². The van der Waals surface area contributed by atoms with Crippen LogP contribution in [0.1, 0.15) is 36.0 Å². The summed E-state index contributed by atoms with van der Waals surface area (Å²) in [5, 5.41) is 7.33. The van der Waals surface area contributed by atoms with E-state index < -0.39 is 0 Å². The van der Waals surface area contributed by atoms with Crippen LogP contribution in [-0.2, 0) is 6.42 Å². The summed E-state index contributed by atoms with van der Waals surface area (Å²) < 4.78 is 18.1. The Balaban J connectivity index is 0.00000147. The Morgan fingerprint density at radius 3 is 2.80 bits per heavy atom. The Hall–Kier alpha value is -1.46. The number of nitrogens with one attached hydrogen (secondary N) is 1. The Morgan fingerprint density at radius 1 is 1.30 bits per heavy atom. The van der Waals surface area contributed by atoms with E-state index in [1.807, 2.05) is 0 Å². The molecule has 6 heteroatoms. The lowest BCUT2D eigenvalue weighted by Gasteiger charge is -2.18. The van der Waals surface area contributed by atoms with Crippen molar-refractivity contribution in [2.24, 2.45) is 0 Å². The number of aromatic nitrogens is 2. The lowest BCUT2D eigenvalue weighted by atomic mass is 10.00. The number of piperidine rings is 1. The van der Waals surface area contributed by atoms with E-state index in [0.717, 1.165) is 31.5 Å². The minimum atomic E-state index is -0.231. The number of hydrogen-bond donors (Lipinski definition) is 1. The van der Waals surface area contributed by atoms with Gasteiger partial charge in [-0.05, 0) is 37.1 Å². The molecule has 0 amide bonds. The molecule has 1 aromatic heterocycles. The third-order valence-corrected chi connectivity index (χ3v) is 3.41. The molecule has 0 unspecified atom stereocenters. The van der Waals surface area contributed by atoms with Crippen LogP contribution in [0.3, 0.4) is 0 Å². The van der Waals surface area contributed by atoms with Gasteiger partial charge in [-0.1, -0.05) is 17.3 Å². The maximum Gasteiger partial charge on any atom is 0.231 e. The topological polar surface area (TPSA) is 51.0 Å². The zero-order chi connectivity index (χ0) is 13.1. The van der Waals surface area contributed by atoms with Crippen molar-refractivity contribution in [2.45, 2.75) is 25.2 Å². The molecular formula is C14H17ClFN3O. The molecule has 1 N–H and O–H groups in total. The van der Waals surface area contributed by atoms with E-state index in [1.54, 1.807) is 12.1 Å². The Labute approximate surface area is 123 Å². The average molecular weight is 298 g/mol. The van der Waals surface area contributed by atoms with E-state index in [9.17, 15) is 4.39 Å². The largest absolute Gasteiger partial charge is 0.339 e. The van der Waals surface area contributed by atoms with Crippen LogP contribution in [0.5, 0.6) is 0 Å². The van der Waals surface area contributed by atoms with E-state index in [2.05, 4.69) is 15.5 Å². The van der Waals surface area contributed by atoms with E-state index >= 15 is 0 Å². The quantitative estimate of drug-likeness (QED) is 0.946. The van der Waals surface area contributed by atoms with Gasteiger partial charge in [0.25, 0.3) is 0 Å². The Bertz CT molecular complexity index is 538. The summed E-state index contributed by atoms with van der Waals surface area (Å²) >= 11 is 0. The molecule has 108 valence electrons. The van der Waals surface area contributed by atoms with Crippen LogP contribution in [0.2, 0.25) is 0 Å². The molecule has 1 fully saturated rings. The highest BCUT2D eigenvalue weighted by Gasteiger charge is 2.21. The molecule has 0 saturated carbocycles. The lowest BCUT2D eigenvalue weighted by molar-refractivity contribution is 0.320. The summed E-state index contributed by atoms with van der Waals surface area (Å²) in [6, 6.07) is 6.38. The van der Waals surface area contributed by atoms with Gasteiger partial charge in [0.05, 0.1) is 5.92 Å². The van der Waals surface area contributed by atoms with Gasteiger partial charge < -0.3 is 9.84 Å². The summed E-state index contributed by atoms with van der Waals surface area (Å²) in [6.45, 7) is 1.96. The van der Waals surface area contributed by atoms with Crippen molar-refractivity contribution >= 4 is 12.4 Å². The van der Waals surface area contributed by atoms with Crippen molar-refractivity contribution in [3.63, 3.8) is 0 Å². The number of rotatable bonds is 3. The second-order valence-corrected chi connectivity index (χ2v) is 4.90. The van der Waals surface area contributed by atoms with Crippen LogP contribution in [0.15, 0.2) is 28.8 Å². The molecule has 1 aliphatic rings. The van der Waals surface area contributed by atoms with Gasteiger partial charge in [0.2, 0.25) is 5.89 Å². The molecule has 2 heterocycles. The normalized spacial score (nSPS) is 18.6. The molecule has 0 radical (unpaired) electrons. The zero-order valence-corrected chi connectivity index (χ0v) is 11.8. The first kappa shape index (κ1) is 14.9. The fourth-order valence-electron chi connectivity index (χ4n) is 2.35. The molecule has 3 rings (SSSR count). The molecule has 20 heavy (non-hydrogen) atoms. The molecule has 0 aliphatic carbocycles. The fraction of sp³-hybridized carbons (Fsp3) is 0.429. The summed E-state index contributed by atoms with van der Waals surface area (Å²) in [5.74, 6) is 1.46. The molecule has 2 aromatic rings. The molecule has 0 spiro atoms. The highest BCUT2D eigenvalue weighted by atomic mass is 35.5.